The molecular weight excluding hydrogens is 348 g/mol. The molecule has 0 aliphatic carbocycles. The monoisotopic (exact) mass is 368 g/mol. The van der Waals surface area contributed by atoms with E-state index in [-0.39, 0.29) is 17.2 Å². The van der Waals surface area contributed by atoms with Gasteiger partial charge < -0.3 is 11.1 Å². The summed E-state index contributed by atoms with van der Waals surface area (Å²) in [5.41, 5.74) is 7.89. The third-order valence-electron chi connectivity index (χ3n) is 4.05. The number of anilines is 2. The molecule has 0 bridgehead atoms. The van der Waals surface area contributed by atoms with E-state index < -0.39 is 0 Å². The predicted octanol–water partition coefficient (Wildman–Crippen LogP) is 2.80. The Hall–Kier alpha value is -2.93. The van der Waals surface area contributed by atoms with Crippen LogP contribution in [0.3, 0.4) is 0 Å². The van der Waals surface area contributed by atoms with Gasteiger partial charge in [-0.3, -0.25) is 14.3 Å². The quantitative estimate of drug-likeness (QED) is 0.536. The van der Waals surface area contributed by atoms with Crippen molar-refractivity contribution in [2.24, 2.45) is 7.05 Å². The van der Waals surface area contributed by atoms with E-state index >= 15 is 0 Å². The maximum Gasteiger partial charge on any atom is 0.295 e. The average molecular weight is 368 g/mol. The predicted molar refractivity (Wildman–Crippen MR) is 106 cm³/mol. The molecule has 134 valence electrons. The molecule has 0 saturated heterocycles. The number of carbonyl (C=O) groups excluding carboxylic acids is 1. The van der Waals surface area contributed by atoms with Gasteiger partial charge in [0.25, 0.3) is 5.56 Å². The van der Waals surface area contributed by atoms with Gasteiger partial charge >= 0.3 is 0 Å². The Balaban J connectivity index is 1.78. The number of rotatable bonds is 5. The molecule has 1 amide bonds. The van der Waals surface area contributed by atoms with E-state index in [2.05, 4.69) is 5.32 Å². The van der Waals surface area contributed by atoms with E-state index in [9.17, 15) is 9.59 Å². The molecule has 0 saturated carbocycles. The fraction of sp³-hybridized carbons (Fsp3) is 0.158. The molecule has 3 aromatic rings. The first kappa shape index (κ1) is 17.9. The van der Waals surface area contributed by atoms with E-state index in [1.54, 1.807) is 17.8 Å². The van der Waals surface area contributed by atoms with Gasteiger partial charge in [-0.15, -0.1) is 11.8 Å². The van der Waals surface area contributed by atoms with Gasteiger partial charge in [-0.1, -0.05) is 24.3 Å². The lowest BCUT2D eigenvalue weighted by Gasteiger charge is -2.07. The number of hydrogen-bond donors (Lipinski definition) is 2. The van der Waals surface area contributed by atoms with Gasteiger partial charge in [0.15, 0.2) is 0 Å². The zero-order valence-electron chi connectivity index (χ0n) is 14.6. The summed E-state index contributed by atoms with van der Waals surface area (Å²) in [5.74, 6) is -0.0359. The normalized spacial score (nSPS) is 10.7. The van der Waals surface area contributed by atoms with Crippen molar-refractivity contribution < 1.29 is 4.79 Å². The van der Waals surface area contributed by atoms with E-state index in [1.807, 2.05) is 55.5 Å². The summed E-state index contributed by atoms with van der Waals surface area (Å²) in [6.07, 6.45) is 0. The Morgan fingerprint density at radius 2 is 1.88 bits per heavy atom. The molecular formula is C19H20N4O2S. The van der Waals surface area contributed by atoms with Gasteiger partial charge in [-0.25, -0.2) is 4.68 Å². The number of hydrogen-bond acceptors (Lipinski definition) is 4. The van der Waals surface area contributed by atoms with Crippen LogP contribution in [0.25, 0.3) is 5.69 Å². The van der Waals surface area contributed by atoms with Crippen molar-refractivity contribution in [3.8, 4) is 5.69 Å². The summed E-state index contributed by atoms with van der Waals surface area (Å²) in [5, 5.41) is 2.75. The second-order valence-electron chi connectivity index (χ2n) is 5.85. The molecule has 6 nitrogen and oxygen atoms in total. The Labute approximate surface area is 155 Å². The third kappa shape index (κ3) is 3.67. The minimum absolute atomic E-state index is 0.197. The lowest BCUT2D eigenvalue weighted by atomic mass is 10.3. The largest absolute Gasteiger partial charge is 0.399 e. The van der Waals surface area contributed by atoms with Gasteiger partial charge in [-0.2, -0.15) is 0 Å². The Kier molecular flexibility index (Phi) is 5.18. The highest BCUT2D eigenvalue weighted by Gasteiger charge is 2.18. The number of nitrogens with zero attached hydrogens (tertiary/aromatic N) is 2. The van der Waals surface area contributed by atoms with Crippen molar-refractivity contribution in [2.75, 3.05) is 16.8 Å². The Bertz CT molecular complexity index is 993. The summed E-state index contributed by atoms with van der Waals surface area (Å²) in [6, 6.07) is 16.7. The molecule has 0 unspecified atom stereocenters. The number of nitrogens with one attached hydrogen (secondary N) is 1. The number of amides is 1. The first-order chi connectivity index (χ1) is 12.5. The van der Waals surface area contributed by atoms with Crippen LogP contribution in [0.1, 0.15) is 5.69 Å². The van der Waals surface area contributed by atoms with Crippen LogP contribution in [-0.2, 0) is 11.8 Å². The SMILES string of the molecule is Cc1c(NC(=O)CSc2cccc(N)c2)c(=O)n(-c2ccccc2)n1C. The van der Waals surface area contributed by atoms with Crippen LogP contribution >= 0.6 is 11.8 Å². The maximum absolute atomic E-state index is 12.8. The minimum Gasteiger partial charge on any atom is -0.399 e. The number of nitrogens with two attached hydrogens (primary N) is 1. The third-order valence-corrected chi connectivity index (χ3v) is 5.04. The Morgan fingerprint density at radius 1 is 1.15 bits per heavy atom. The second kappa shape index (κ2) is 7.53. The van der Waals surface area contributed by atoms with Crippen molar-refractivity contribution in [3.05, 3.63) is 70.6 Å². The molecule has 0 atom stereocenters. The van der Waals surface area contributed by atoms with Crippen LogP contribution in [0.2, 0.25) is 0 Å². The van der Waals surface area contributed by atoms with Gasteiger partial charge in [0.05, 0.1) is 17.1 Å². The van der Waals surface area contributed by atoms with Crippen LogP contribution in [-0.4, -0.2) is 21.0 Å². The van der Waals surface area contributed by atoms with Gasteiger partial charge in [-0.05, 0) is 37.3 Å². The van der Waals surface area contributed by atoms with Crippen LogP contribution < -0.4 is 16.6 Å². The number of para-hydroxylation sites is 1. The molecule has 3 rings (SSSR count). The fourth-order valence-corrected chi connectivity index (χ4v) is 3.41. The lowest BCUT2D eigenvalue weighted by molar-refractivity contribution is -0.113. The molecule has 1 heterocycles. The van der Waals surface area contributed by atoms with Crippen molar-refractivity contribution in [1.82, 2.24) is 9.36 Å². The van der Waals surface area contributed by atoms with E-state index in [4.69, 9.17) is 5.73 Å². The van der Waals surface area contributed by atoms with Crippen LogP contribution in [0.4, 0.5) is 11.4 Å². The summed E-state index contributed by atoms with van der Waals surface area (Å²) < 4.78 is 3.27. The summed E-state index contributed by atoms with van der Waals surface area (Å²) >= 11 is 1.37. The zero-order valence-corrected chi connectivity index (χ0v) is 15.4. The highest BCUT2D eigenvalue weighted by molar-refractivity contribution is 8.00. The van der Waals surface area contributed by atoms with Gasteiger partial charge in [0, 0.05) is 17.6 Å². The summed E-state index contributed by atoms with van der Waals surface area (Å²) in [6.45, 7) is 1.81. The van der Waals surface area contributed by atoms with E-state index in [1.165, 1.54) is 16.4 Å². The number of nitrogen functional groups attached to an aromatic ring is 1. The first-order valence-electron chi connectivity index (χ1n) is 8.09. The maximum atomic E-state index is 12.8. The molecule has 26 heavy (non-hydrogen) atoms. The molecule has 2 aromatic carbocycles. The second-order valence-corrected chi connectivity index (χ2v) is 6.89. The highest BCUT2D eigenvalue weighted by Crippen LogP contribution is 2.21. The lowest BCUT2D eigenvalue weighted by Crippen LogP contribution is -2.23. The van der Waals surface area contributed by atoms with Crippen molar-refractivity contribution in [2.45, 2.75) is 11.8 Å². The van der Waals surface area contributed by atoms with E-state index in [0.717, 1.165) is 10.6 Å². The summed E-state index contributed by atoms with van der Waals surface area (Å²) in [7, 11) is 1.79. The average Bonchev–Trinajstić information content (AvgIpc) is 2.84. The van der Waals surface area contributed by atoms with Crippen molar-refractivity contribution in [1.29, 1.82) is 0 Å². The van der Waals surface area contributed by atoms with Gasteiger partial charge in [0.1, 0.15) is 5.69 Å². The fourth-order valence-electron chi connectivity index (χ4n) is 2.64. The molecule has 0 aliphatic heterocycles. The zero-order chi connectivity index (χ0) is 18.7. The van der Waals surface area contributed by atoms with Crippen LogP contribution in [0.15, 0.2) is 64.3 Å². The molecule has 0 aliphatic rings. The van der Waals surface area contributed by atoms with Crippen molar-refractivity contribution in [3.63, 3.8) is 0 Å². The highest BCUT2D eigenvalue weighted by atomic mass is 32.2. The molecule has 3 N–H and O–H groups in total. The smallest absolute Gasteiger partial charge is 0.295 e. The molecule has 0 radical (unpaired) electrons. The number of thioether (sulfide) groups is 1. The molecule has 0 spiro atoms. The summed E-state index contributed by atoms with van der Waals surface area (Å²) in [4.78, 5) is 26.0. The number of carbonyl (C=O) groups is 1. The first-order valence-corrected chi connectivity index (χ1v) is 9.08. The van der Waals surface area contributed by atoms with E-state index in [0.29, 0.717) is 17.1 Å². The van der Waals surface area contributed by atoms with Crippen molar-refractivity contribution >= 4 is 29.0 Å². The molecule has 1 aromatic heterocycles. The standard InChI is InChI=1S/C19H20N4O2S/c1-13-18(19(25)23(22(13)2)15-8-4-3-5-9-15)21-17(24)12-26-16-10-6-7-14(20)11-16/h3-11H,12,20H2,1-2H3,(H,21,24). The van der Waals surface area contributed by atoms with Gasteiger partial charge in [0.2, 0.25) is 5.91 Å². The number of benzene rings is 2. The minimum atomic E-state index is -0.251. The number of aromatic nitrogens is 2. The molecule has 7 heteroatoms. The topological polar surface area (TPSA) is 82.1 Å². The molecule has 0 fully saturated rings. The van der Waals surface area contributed by atoms with Crippen LogP contribution in [0.5, 0.6) is 0 Å². The Morgan fingerprint density at radius 3 is 2.58 bits per heavy atom. The van der Waals surface area contributed by atoms with Crippen LogP contribution in [0, 0.1) is 6.92 Å².